The molecule has 0 aliphatic rings. The SMILES string of the molecule is C[C@H](N)C(=O)NCCS(N)(=O)=O. The van der Waals surface area contributed by atoms with Crippen LogP contribution in [0.3, 0.4) is 0 Å². The summed E-state index contributed by atoms with van der Waals surface area (Å²) < 4.78 is 20.8. The predicted octanol–water partition coefficient (Wildman–Crippen LogP) is -2.26. The van der Waals surface area contributed by atoms with Crippen LogP contribution in [0.4, 0.5) is 0 Å². The van der Waals surface area contributed by atoms with E-state index < -0.39 is 22.0 Å². The lowest BCUT2D eigenvalue weighted by atomic mass is 10.3. The molecule has 0 aromatic carbocycles. The minimum atomic E-state index is -3.50. The Morgan fingerprint density at radius 2 is 2.08 bits per heavy atom. The number of rotatable bonds is 4. The third-order valence-electron chi connectivity index (χ3n) is 1.10. The van der Waals surface area contributed by atoms with Crippen molar-refractivity contribution in [2.45, 2.75) is 13.0 Å². The van der Waals surface area contributed by atoms with Crippen LogP contribution < -0.4 is 16.2 Å². The summed E-state index contributed by atoms with van der Waals surface area (Å²) in [6, 6.07) is -0.634. The van der Waals surface area contributed by atoms with Gasteiger partial charge in [-0.15, -0.1) is 0 Å². The van der Waals surface area contributed by atoms with Gasteiger partial charge in [0.2, 0.25) is 15.9 Å². The van der Waals surface area contributed by atoms with Gasteiger partial charge in [0.05, 0.1) is 11.8 Å². The molecule has 0 heterocycles. The van der Waals surface area contributed by atoms with E-state index in [0.717, 1.165) is 0 Å². The first kappa shape index (κ1) is 11.3. The number of hydrogen-bond acceptors (Lipinski definition) is 4. The van der Waals surface area contributed by atoms with Gasteiger partial charge in [0, 0.05) is 6.54 Å². The molecule has 1 atom stereocenters. The number of amides is 1. The molecule has 1 amide bonds. The van der Waals surface area contributed by atoms with Gasteiger partial charge >= 0.3 is 0 Å². The van der Waals surface area contributed by atoms with E-state index in [1.54, 1.807) is 0 Å². The number of sulfonamides is 1. The summed E-state index contributed by atoms with van der Waals surface area (Å²) in [7, 11) is -3.50. The van der Waals surface area contributed by atoms with Gasteiger partial charge in [0.25, 0.3) is 0 Å². The van der Waals surface area contributed by atoms with E-state index in [1.807, 2.05) is 0 Å². The van der Waals surface area contributed by atoms with E-state index in [1.165, 1.54) is 6.92 Å². The first-order valence-corrected chi connectivity index (χ1v) is 5.08. The molecule has 0 bridgehead atoms. The molecule has 5 N–H and O–H groups in total. The van der Waals surface area contributed by atoms with E-state index >= 15 is 0 Å². The van der Waals surface area contributed by atoms with Crippen molar-refractivity contribution in [2.75, 3.05) is 12.3 Å². The number of nitrogens with two attached hydrogens (primary N) is 2. The Labute approximate surface area is 71.4 Å². The van der Waals surface area contributed by atoms with Gasteiger partial charge < -0.3 is 11.1 Å². The summed E-state index contributed by atoms with van der Waals surface area (Å²) in [5, 5.41) is 7.00. The Bertz CT molecular complexity index is 247. The van der Waals surface area contributed by atoms with Crippen LogP contribution in [0.5, 0.6) is 0 Å². The number of primary sulfonamides is 1. The zero-order valence-corrected chi connectivity index (χ0v) is 7.60. The maximum absolute atomic E-state index is 10.8. The maximum atomic E-state index is 10.8. The van der Waals surface area contributed by atoms with Crippen molar-refractivity contribution in [1.82, 2.24) is 5.32 Å². The van der Waals surface area contributed by atoms with Crippen LogP contribution in [0.15, 0.2) is 0 Å². The highest BCUT2D eigenvalue weighted by Crippen LogP contribution is 1.77. The summed E-state index contributed by atoms with van der Waals surface area (Å²) in [5.41, 5.74) is 5.19. The average molecular weight is 195 g/mol. The average Bonchev–Trinajstić information content (AvgIpc) is 1.84. The van der Waals surface area contributed by atoms with E-state index in [4.69, 9.17) is 5.73 Å². The van der Waals surface area contributed by atoms with Crippen LogP contribution >= 0.6 is 0 Å². The highest BCUT2D eigenvalue weighted by molar-refractivity contribution is 7.89. The molecule has 0 aromatic heterocycles. The van der Waals surface area contributed by atoms with Gasteiger partial charge in [0.15, 0.2) is 0 Å². The zero-order valence-electron chi connectivity index (χ0n) is 6.78. The van der Waals surface area contributed by atoms with E-state index in [2.05, 4.69) is 10.5 Å². The van der Waals surface area contributed by atoms with Gasteiger partial charge in [-0.05, 0) is 6.92 Å². The van der Waals surface area contributed by atoms with Gasteiger partial charge in [-0.2, -0.15) is 0 Å². The van der Waals surface area contributed by atoms with Crippen LogP contribution in [0.25, 0.3) is 0 Å². The van der Waals surface area contributed by atoms with Crippen molar-refractivity contribution < 1.29 is 13.2 Å². The fraction of sp³-hybridized carbons (Fsp3) is 0.800. The summed E-state index contributed by atoms with van der Waals surface area (Å²) in [5.74, 6) is -0.662. The van der Waals surface area contributed by atoms with E-state index in [-0.39, 0.29) is 12.3 Å². The normalized spacial score (nSPS) is 13.9. The number of carbonyl (C=O) groups is 1. The second kappa shape index (κ2) is 4.39. The Morgan fingerprint density at radius 1 is 1.58 bits per heavy atom. The van der Waals surface area contributed by atoms with Crippen LogP contribution in [0.1, 0.15) is 6.92 Å². The smallest absolute Gasteiger partial charge is 0.236 e. The van der Waals surface area contributed by atoms with Crippen molar-refractivity contribution in [3.8, 4) is 0 Å². The molecule has 0 rings (SSSR count). The van der Waals surface area contributed by atoms with Crippen molar-refractivity contribution in [3.63, 3.8) is 0 Å². The monoisotopic (exact) mass is 195 g/mol. The standard InChI is InChI=1S/C5H13N3O3S/c1-4(6)5(9)8-2-3-12(7,10)11/h4H,2-3,6H2,1H3,(H,8,9)(H2,7,10,11)/t4-/m0/s1. The maximum Gasteiger partial charge on any atom is 0.236 e. The van der Waals surface area contributed by atoms with Crippen LogP contribution in [0.2, 0.25) is 0 Å². The largest absolute Gasteiger partial charge is 0.354 e. The van der Waals surface area contributed by atoms with Gasteiger partial charge in [-0.1, -0.05) is 0 Å². The third kappa shape index (κ3) is 6.08. The molecule has 72 valence electrons. The molecular formula is C5H13N3O3S. The molecule has 0 saturated heterocycles. The van der Waals surface area contributed by atoms with Crippen LogP contribution in [0, 0.1) is 0 Å². The summed E-state index contributed by atoms with van der Waals surface area (Å²) in [6.45, 7) is 1.51. The van der Waals surface area contributed by atoms with Crippen LogP contribution in [-0.2, 0) is 14.8 Å². The molecule has 0 unspecified atom stereocenters. The Balaban J connectivity index is 3.66. The minimum absolute atomic E-state index is 0.000787. The Hall–Kier alpha value is -0.660. The fourth-order valence-corrected chi connectivity index (χ4v) is 0.864. The van der Waals surface area contributed by atoms with Gasteiger partial charge in [-0.25, -0.2) is 13.6 Å². The number of hydrogen-bond donors (Lipinski definition) is 3. The molecule has 0 aromatic rings. The van der Waals surface area contributed by atoms with Crippen molar-refractivity contribution in [2.24, 2.45) is 10.9 Å². The molecular weight excluding hydrogens is 182 g/mol. The van der Waals surface area contributed by atoms with Crippen LogP contribution in [-0.4, -0.2) is 32.7 Å². The molecule has 6 nitrogen and oxygen atoms in total. The molecule has 12 heavy (non-hydrogen) atoms. The topological polar surface area (TPSA) is 115 Å². The second-order valence-corrected chi connectivity index (χ2v) is 4.18. The molecule has 7 heteroatoms. The molecule has 0 radical (unpaired) electrons. The first-order chi connectivity index (χ1) is 5.33. The number of carbonyl (C=O) groups excluding carboxylic acids is 1. The predicted molar refractivity (Wildman–Crippen MR) is 44.6 cm³/mol. The second-order valence-electron chi connectivity index (χ2n) is 2.45. The highest BCUT2D eigenvalue weighted by Gasteiger charge is 2.07. The van der Waals surface area contributed by atoms with Gasteiger partial charge in [0.1, 0.15) is 0 Å². The number of nitrogens with one attached hydrogen (secondary N) is 1. The minimum Gasteiger partial charge on any atom is -0.354 e. The lowest BCUT2D eigenvalue weighted by molar-refractivity contribution is -0.121. The van der Waals surface area contributed by atoms with Gasteiger partial charge in [-0.3, -0.25) is 4.79 Å². The van der Waals surface area contributed by atoms with E-state index in [0.29, 0.717) is 0 Å². The third-order valence-corrected chi connectivity index (χ3v) is 1.87. The Kier molecular flexibility index (Phi) is 4.15. The quantitative estimate of drug-likeness (QED) is 0.469. The molecule has 0 saturated carbocycles. The molecule has 0 aliphatic carbocycles. The molecule has 0 spiro atoms. The van der Waals surface area contributed by atoms with Crippen molar-refractivity contribution in [3.05, 3.63) is 0 Å². The molecule has 0 fully saturated rings. The lowest BCUT2D eigenvalue weighted by Gasteiger charge is -2.05. The Morgan fingerprint density at radius 3 is 2.42 bits per heavy atom. The first-order valence-electron chi connectivity index (χ1n) is 3.36. The highest BCUT2D eigenvalue weighted by atomic mass is 32.2. The fourth-order valence-electron chi connectivity index (χ4n) is 0.477. The zero-order chi connectivity index (χ0) is 9.78. The summed E-state index contributed by atoms with van der Waals surface area (Å²) in [4.78, 5) is 10.8. The summed E-state index contributed by atoms with van der Waals surface area (Å²) >= 11 is 0. The van der Waals surface area contributed by atoms with E-state index in [9.17, 15) is 13.2 Å². The lowest BCUT2D eigenvalue weighted by Crippen LogP contribution is -2.40. The molecule has 0 aliphatic heterocycles. The summed E-state index contributed by atoms with van der Waals surface area (Å²) in [6.07, 6.45) is 0. The van der Waals surface area contributed by atoms with Crippen molar-refractivity contribution in [1.29, 1.82) is 0 Å². The van der Waals surface area contributed by atoms with Crippen molar-refractivity contribution >= 4 is 15.9 Å².